The van der Waals surface area contributed by atoms with Crippen LogP contribution in [0.1, 0.15) is 51.9 Å². The molecule has 0 aromatic carbocycles. The monoisotopic (exact) mass is 240 g/mol. The quantitative estimate of drug-likeness (QED) is 0.738. The first kappa shape index (κ1) is 13.3. The number of rotatable bonds is 3. The van der Waals surface area contributed by atoms with Crippen molar-refractivity contribution in [1.29, 1.82) is 0 Å². The van der Waals surface area contributed by atoms with E-state index in [1.807, 2.05) is 0 Å². The summed E-state index contributed by atoms with van der Waals surface area (Å²) in [5.74, 6) is 0. The van der Waals surface area contributed by atoms with Crippen molar-refractivity contribution in [3.63, 3.8) is 0 Å². The lowest BCUT2D eigenvalue weighted by Gasteiger charge is -2.43. The van der Waals surface area contributed by atoms with Gasteiger partial charge in [-0.1, -0.05) is 25.7 Å². The molecule has 2 fully saturated rings. The van der Waals surface area contributed by atoms with Gasteiger partial charge in [0.05, 0.1) is 0 Å². The number of hydrogen-bond acceptors (Lipinski definition) is 3. The van der Waals surface area contributed by atoms with Gasteiger partial charge in [-0.05, 0) is 26.2 Å². The van der Waals surface area contributed by atoms with E-state index in [-0.39, 0.29) is 0 Å². The zero-order chi connectivity index (χ0) is 12.1. The van der Waals surface area contributed by atoms with Gasteiger partial charge in [-0.2, -0.15) is 0 Å². The van der Waals surface area contributed by atoms with Gasteiger partial charge in [0.2, 0.25) is 0 Å². The van der Waals surface area contributed by atoms with Gasteiger partial charge in [0.1, 0.15) is 0 Å². The fraction of sp³-hybridized carbons (Fsp3) is 1.00. The standard InChI is InChI=1S/C14H28N2O/c1-12-10-15-13(8-9-17)11-16(12)14-6-4-2-3-5-7-14/h12-15,17H,2-11H2,1H3. The van der Waals surface area contributed by atoms with E-state index in [1.54, 1.807) is 0 Å². The second kappa shape index (κ2) is 6.72. The van der Waals surface area contributed by atoms with Gasteiger partial charge in [-0.25, -0.2) is 0 Å². The number of hydrogen-bond donors (Lipinski definition) is 2. The van der Waals surface area contributed by atoms with E-state index in [1.165, 1.54) is 38.5 Å². The Labute approximate surface area is 106 Å². The van der Waals surface area contributed by atoms with Crippen LogP contribution < -0.4 is 5.32 Å². The molecule has 100 valence electrons. The van der Waals surface area contributed by atoms with Gasteiger partial charge in [0, 0.05) is 37.8 Å². The lowest BCUT2D eigenvalue weighted by molar-refractivity contribution is 0.0745. The predicted octanol–water partition coefficient (Wildman–Crippen LogP) is 1.75. The third-order valence-corrected chi connectivity index (χ3v) is 4.47. The Morgan fingerprint density at radius 1 is 1.18 bits per heavy atom. The Balaban J connectivity index is 1.91. The van der Waals surface area contributed by atoms with Crippen LogP contribution in [0.3, 0.4) is 0 Å². The molecule has 2 N–H and O–H groups in total. The van der Waals surface area contributed by atoms with Crippen molar-refractivity contribution in [3.8, 4) is 0 Å². The molecule has 17 heavy (non-hydrogen) atoms. The van der Waals surface area contributed by atoms with Gasteiger partial charge in [-0.15, -0.1) is 0 Å². The van der Waals surface area contributed by atoms with Gasteiger partial charge in [0.15, 0.2) is 0 Å². The van der Waals surface area contributed by atoms with Crippen molar-refractivity contribution in [2.75, 3.05) is 19.7 Å². The Morgan fingerprint density at radius 3 is 2.53 bits per heavy atom. The number of nitrogens with one attached hydrogen (secondary N) is 1. The Bertz CT molecular complexity index is 214. The summed E-state index contributed by atoms with van der Waals surface area (Å²) in [5.41, 5.74) is 0. The fourth-order valence-electron chi connectivity index (χ4n) is 3.40. The second-order valence-electron chi connectivity index (χ2n) is 5.81. The molecule has 0 amide bonds. The van der Waals surface area contributed by atoms with Crippen molar-refractivity contribution in [1.82, 2.24) is 10.2 Å². The van der Waals surface area contributed by atoms with E-state index in [0.717, 1.165) is 25.6 Å². The SMILES string of the molecule is CC1CNC(CCO)CN1C1CCCCCC1. The van der Waals surface area contributed by atoms with Crippen molar-refractivity contribution < 1.29 is 5.11 Å². The zero-order valence-corrected chi connectivity index (χ0v) is 11.2. The normalized spacial score (nSPS) is 33.5. The Kier molecular flexibility index (Phi) is 5.26. The molecular formula is C14H28N2O. The number of aliphatic hydroxyl groups excluding tert-OH is 1. The third kappa shape index (κ3) is 3.67. The van der Waals surface area contributed by atoms with Crippen molar-refractivity contribution >= 4 is 0 Å². The summed E-state index contributed by atoms with van der Waals surface area (Å²) in [7, 11) is 0. The van der Waals surface area contributed by atoms with Crippen molar-refractivity contribution in [2.24, 2.45) is 0 Å². The van der Waals surface area contributed by atoms with Crippen molar-refractivity contribution in [2.45, 2.75) is 70.0 Å². The first-order valence-corrected chi connectivity index (χ1v) is 7.41. The summed E-state index contributed by atoms with van der Waals surface area (Å²) >= 11 is 0. The van der Waals surface area contributed by atoms with Crippen LogP contribution in [0.2, 0.25) is 0 Å². The highest BCUT2D eigenvalue weighted by Gasteiger charge is 2.30. The zero-order valence-electron chi connectivity index (χ0n) is 11.2. The van der Waals surface area contributed by atoms with Crippen LogP contribution >= 0.6 is 0 Å². The van der Waals surface area contributed by atoms with Gasteiger partial charge >= 0.3 is 0 Å². The molecule has 1 heterocycles. The minimum absolute atomic E-state index is 0.310. The largest absolute Gasteiger partial charge is 0.396 e. The molecule has 1 saturated heterocycles. The molecule has 0 bridgehead atoms. The van der Waals surface area contributed by atoms with Crippen LogP contribution in [-0.2, 0) is 0 Å². The molecule has 2 unspecified atom stereocenters. The summed E-state index contributed by atoms with van der Waals surface area (Å²) in [6.07, 6.45) is 9.34. The molecule has 0 aromatic heterocycles. The van der Waals surface area contributed by atoms with Gasteiger partial charge < -0.3 is 10.4 Å². The van der Waals surface area contributed by atoms with Crippen LogP contribution in [0, 0.1) is 0 Å². The van der Waals surface area contributed by atoms with Crippen LogP contribution in [0.15, 0.2) is 0 Å². The molecule has 0 radical (unpaired) electrons. The van der Waals surface area contributed by atoms with Crippen molar-refractivity contribution in [3.05, 3.63) is 0 Å². The molecule has 0 aromatic rings. The maximum Gasteiger partial charge on any atom is 0.0446 e. The van der Waals surface area contributed by atoms with Crippen LogP contribution in [0.4, 0.5) is 0 Å². The highest BCUT2D eigenvalue weighted by Crippen LogP contribution is 2.25. The number of nitrogens with zero attached hydrogens (tertiary/aromatic N) is 1. The minimum Gasteiger partial charge on any atom is -0.396 e. The van der Waals surface area contributed by atoms with E-state index in [9.17, 15) is 0 Å². The smallest absolute Gasteiger partial charge is 0.0446 e. The first-order chi connectivity index (χ1) is 8.31. The molecule has 1 aliphatic heterocycles. The third-order valence-electron chi connectivity index (χ3n) is 4.47. The van der Waals surface area contributed by atoms with E-state index in [2.05, 4.69) is 17.1 Å². The summed E-state index contributed by atoms with van der Waals surface area (Å²) < 4.78 is 0. The highest BCUT2D eigenvalue weighted by molar-refractivity contribution is 4.88. The molecule has 2 aliphatic rings. The van der Waals surface area contributed by atoms with E-state index >= 15 is 0 Å². The van der Waals surface area contributed by atoms with E-state index in [4.69, 9.17) is 5.11 Å². The molecule has 0 spiro atoms. The molecule has 2 atom stereocenters. The van der Waals surface area contributed by atoms with E-state index < -0.39 is 0 Å². The topological polar surface area (TPSA) is 35.5 Å². The average Bonchev–Trinajstić information content (AvgIpc) is 2.60. The maximum atomic E-state index is 9.07. The lowest BCUT2D eigenvalue weighted by Crippen LogP contribution is -2.58. The Morgan fingerprint density at radius 2 is 1.88 bits per heavy atom. The van der Waals surface area contributed by atoms with Crippen LogP contribution in [0.25, 0.3) is 0 Å². The minimum atomic E-state index is 0.310. The molecular weight excluding hydrogens is 212 g/mol. The van der Waals surface area contributed by atoms with Crippen LogP contribution in [0.5, 0.6) is 0 Å². The maximum absolute atomic E-state index is 9.07. The molecule has 1 aliphatic carbocycles. The number of aliphatic hydroxyl groups is 1. The fourth-order valence-corrected chi connectivity index (χ4v) is 3.40. The number of piperazine rings is 1. The summed E-state index contributed by atoms with van der Waals surface area (Å²) in [5, 5.41) is 12.6. The van der Waals surface area contributed by atoms with E-state index in [0.29, 0.717) is 18.7 Å². The lowest BCUT2D eigenvalue weighted by atomic mass is 10.0. The average molecular weight is 240 g/mol. The summed E-state index contributed by atoms with van der Waals surface area (Å²) in [6, 6.07) is 1.96. The molecule has 1 saturated carbocycles. The summed E-state index contributed by atoms with van der Waals surface area (Å²) in [4.78, 5) is 2.71. The molecule has 3 heteroatoms. The van der Waals surface area contributed by atoms with Crippen LogP contribution in [-0.4, -0.2) is 47.8 Å². The first-order valence-electron chi connectivity index (χ1n) is 7.41. The molecule has 2 rings (SSSR count). The summed E-state index contributed by atoms with van der Waals surface area (Å²) in [6.45, 7) is 4.87. The second-order valence-corrected chi connectivity index (χ2v) is 5.81. The highest BCUT2D eigenvalue weighted by atomic mass is 16.3. The Hall–Kier alpha value is -0.120. The van der Waals surface area contributed by atoms with Gasteiger partial charge in [0.25, 0.3) is 0 Å². The predicted molar refractivity (Wildman–Crippen MR) is 71.2 cm³/mol. The molecule has 3 nitrogen and oxygen atoms in total. The van der Waals surface area contributed by atoms with Gasteiger partial charge in [-0.3, -0.25) is 4.90 Å².